The van der Waals surface area contributed by atoms with E-state index in [0.29, 0.717) is 0 Å². The maximum absolute atomic E-state index is 12.8. The van der Waals surface area contributed by atoms with Gasteiger partial charge in [-0.1, -0.05) is 6.58 Å². The number of hydrogen-bond acceptors (Lipinski definition) is 4. The molecule has 0 radical (unpaired) electrons. The predicted molar refractivity (Wildman–Crippen MR) is 62.5 cm³/mol. The molecule has 114 valence electrons. The zero-order valence-electron chi connectivity index (χ0n) is 11.4. The SMILES string of the molecule is C=C1COC(C(F)(F)F)N(CC(=O)OC(C)(C)C)C1=O. The van der Waals surface area contributed by atoms with Crippen molar-refractivity contribution < 1.29 is 32.2 Å². The van der Waals surface area contributed by atoms with E-state index in [1.807, 2.05) is 0 Å². The van der Waals surface area contributed by atoms with Gasteiger partial charge < -0.3 is 9.47 Å². The standard InChI is InChI=1S/C12H16F3NO4/c1-7-6-19-10(12(13,14)15)16(9(7)18)5-8(17)20-11(2,3)4/h10H,1,5-6H2,2-4H3. The Bertz CT molecular complexity index is 425. The van der Waals surface area contributed by atoms with Crippen LogP contribution in [0.3, 0.4) is 0 Å². The molecule has 0 saturated carbocycles. The highest BCUT2D eigenvalue weighted by atomic mass is 19.4. The van der Waals surface area contributed by atoms with E-state index < -0.39 is 43.0 Å². The van der Waals surface area contributed by atoms with Crippen molar-refractivity contribution in [3.8, 4) is 0 Å². The highest BCUT2D eigenvalue weighted by Crippen LogP contribution is 2.30. The van der Waals surface area contributed by atoms with Crippen molar-refractivity contribution in [1.29, 1.82) is 0 Å². The second-order valence-electron chi connectivity index (χ2n) is 5.33. The van der Waals surface area contributed by atoms with Crippen LogP contribution in [0, 0.1) is 0 Å². The Morgan fingerprint density at radius 2 is 2.00 bits per heavy atom. The summed E-state index contributed by atoms with van der Waals surface area (Å²) in [6, 6.07) is 0. The van der Waals surface area contributed by atoms with Crippen molar-refractivity contribution in [2.45, 2.75) is 38.8 Å². The summed E-state index contributed by atoms with van der Waals surface area (Å²) in [5, 5.41) is 0. The number of rotatable bonds is 2. The molecule has 20 heavy (non-hydrogen) atoms. The van der Waals surface area contributed by atoms with Crippen molar-refractivity contribution >= 4 is 11.9 Å². The van der Waals surface area contributed by atoms with Gasteiger partial charge in [0.2, 0.25) is 6.23 Å². The minimum atomic E-state index is -4.79. The van der Waals surface area contributed by atoms with E-state index in [1.54, 1.807) is 20.8 Å². The van der Waals surface area contributed by atoms with E-state index >= 15 is 0 Å². The summed E-state index contributed by atoms with van der Waals surface area (Å²) in [6.45, 7) is 6.65. The summed E-state index contributed by atoms with van der Waals surface area (Å²) >= 11 is 0. The van der Waals surface area contributed by atoms with Crippen molar-refractivity contribution in [3.63, 3.8) is 0 Å². The summed E-state index contributed by atoms with van der Waals surface area (Å²) in [7, 11) is 0. The third-order valence-electron chi connectivity index (χ3n) is 2.26. The topological polar surface area (TPSA) is 55.8 Å². The van der Waals surface area contributed by atoms with Gasteiger partial charge in [0.15, 0.2) is 0 Å². The lowest BCUT2D eigenvalue weighted by atomic mass is 10.2. The second kappa shape index (κ2) is 5.43. The zero-order chi connectivity index (χ0) is 15.7. The smallest absolute Gasteiger partial charge is 0.433 e. The fraction of sp³-hybridized carbons (Fsp3) is 0.667. The van der Waals surface area contributed by atoms with Crippen molar-refractivity contribution in [3.05, 3.63) is 12.2 Å². The number of ether oxygens (including phenoxy) is 2. The molecule has 1 unspecified atom stereocenters. The number of amides is 1. The van der Waals surface area contributed by atoms with Crippen LogP contribution in [0.5, 0.6) is 0 Å². The van der Waals surface area contributed by atoms with Crippen molar-refractivity contribution in [2.24, 2.45) is 0 Å². The number of nitrogens with zero attached hydrogens (tertiary/aromatic N) is 1. The molecule has 0 aromatic heterocycles. The van der Waals surface area contributed by atoms with E-state index in [9.17, 15) is 22.8 Å². The van der Waals surface area contributed by atoms with Gasteiger partial charge in [0.05, 0.1) is 6.61 Å². The highest BCUT2D eigenvalue weighted by Gasteiger charge is 2.50. The van der Waals surface area contributed by atoms with Crippen molar-refractivity contribution in [1.82, 2.24) is 4.90 Å². The Morgan fingerprint density at radius 1 is 1.45 bits per heavy atom. The van der Waals surface area contributed by atoms with Gasteiger partial charge in [-0.05, 0) is 20.8 Å². The predicted octanol–water partition coefficient (Wildman–Crippen LogP) is 1.63. The second-order valence-corrected chi connectivity index (χ2v) is 5.33. The van der Waals surface area contributed by atoms with Crippen LogP contribution in [0.15, 0.2) is 12.2 Å². The molecule has 1 fully saturated rings. The number of hydrogen-bond donors (Lipinski definition) is 0. The molecule has 1 heterocycles. The minimum absolute atomic E-state index is 0.144. The highest BCUT2D eigenvalue weighted by molar-refractivity contribution is 5.95. The van der Waals surface area contributed by atoms with E-state index in [4.69, 9.17) is 4.74 Å². The van der Waals surface area contributed by atoms with Gasteiger partial charge in [-0.3, -0.25) is 14.5 Å². The lowest BCUT2D eigenvalue weighted by Crippen LogP contribution is -2.56. The van der Waals surface area contributed by atoms with Gasteiger partial charge in [-0.25, -0.2) is 0 Å². The van der Waals surface area contributed by atoms with Crippen LogP contribution in [-0.4, -0.2) is 47.9 Å². The van der Waals surface area contributed by atoms with Crippen molar-refractivity contribution in [2.75, 3.05) is 13.2 Å². The molecule has 0 aromatic rings. The maximum Gasteiger partial charge on any atom is 0.433 e. The number of carbonyl (C=O) groups excluding carboxylic acids is 2. The normalized spacial score (nSPS) is 21.1. The molecule has 1 aliphatic rings. The third kappa shape index (κ3) is 4.22. The summed E-state index contributed by atoms with van der Waals surface area (Å²) < 4.78 is 47.8. The van der Waals surface area contributed by atoms with Crippen LogP contribution >= 0.6 is 0 Å². The van der Waals surface area contributed by atoms with Crippen LogP contribution in [0.25, 0.3) is 0 Å². The third-order valence-corrected chi connectivity index (χ3v) is 2.26. The molecule has 1 aliphatic heterocycles. The summed E-state index contributed by atoms with van der Waals surface area (Å²) in [6.07, 6.45) is -7.26. The molecule has 0 bridgehead atoms. The zero-order valence-corrected chi connectivity index (χ0v) is 11.4. The number of carbonyl (C=O) groups is 2. The van der Waals surface area contributed by atoms with Gasteiger partial charge in [0.25, 0.3) is 5.91 Å². The minimum Gasteiger partial charge on any atom is -0.459 e. The summed E-state index contributed by atoms with van der Waals surface area (Å²) in [4.78, 5) is 23.6. The van der Waals surface area contributed by atoms with E-state index in [-0.39, 0.29) is 10.5 Å². The summed E-state index contributed by atoms with van der Waals surface area (Å²) in [5.74, 6) is -1.91. The lowest BCUT2D eigenvalue weighted by Gasteiger charge is -2.36. The molecule has 1 saturated heterocycles. The van der Waals surface area contributed by atoms with Crippen LogP contribution in [0.1, 0.15) is 20.8 Å². The average Bonchev–Trinajstić information content (AvgIpc) is 2.20. The molecule has 0 aliphatic carbocycles. The largest absolute Gasteiger partial charge is 0.459 e. The lowest BCUT2D eigenvalue weighted by molar-refractivity contribution is -0.267. The maximum atomic E-state index is 12.8. The molecule has 1 atom stereocenters. The molecular formula is C12H16F3NO4. The Labute approximate surface area is 114 Å². The van der Waals surface area contributed by atoms with E-state index in [1.165, 1.54) is 0 Å². The fourth-order valence-corrected chi connectivity index (χ4v) is 1.58. The Morgan fingerprint density at radius 3 is 2.45 bits per heavy atom. The van der Waals surface area contributed by atoms with Crippen LogP contribution < -0.4 is 0 Å². The Hall–Kier alpha value is -1.57. The first-order chi connectivity index (χ1) is 8.92. The van der Waals surface area contributed by atoms with Gasteiger partial charge in [0, 0.05) is 5.57 Å². The Balaban J connectivity index is 2.87. The molecule has 0 spiro atoms. The summed E-state index contributed by atoms with van der Waals surface area (Å²) in [5.41, 5.74) is -1.00. The average molecular weight is 295 g/mol. The van der Waals surface area contributed by atoms with Gasteiger partial charge in [0.1, 0.15) is 12.1 Å². The molecule has 8 heteroatoms. The Kier molecular flexibility index (Phi) is 4.48. The van der Waals surface area contributed by atoms with E-state index in [0.717, 1.165) is 0 Å². The van der Waals surface area contributed by atoms with Crippen LogP contribution in [0.2, 0.25) is 0 Å². The van der Waals surface area contributed by atoms with Crippen LogP contribution in [-0.2, 0) is 19.1 Å². The van der Waals surface area contributed by atoms with E-state index in [2.05, 4.69) is 11.3 Å². The molecule has 1 amide bonds. The molecule has 0 N–H and O–H groups in total. The van der Waals surface area contributed by atoms with Gasteiger partial charge in [-0.2, -0.15) is 13.2 Å². The number of esters is 1. The monoisotopic (exact) mass is 295 g/mol. The first kappa shape index (κ1) is 16.5. The number of halogens is 3. The first-order valence-electron chi connectivity index (χ1n) is 5.81. The molecule has 1 rings (SSSR count). The fourth-order valence-electron chi connectivity index (χ4n) is 1.58. The molecular weight excluding hydrogens is 279 g/mol. The van der Waals surface area contributed by atoms with Gasteiger partial charge >= 0.3 is 12.1 Å². The quantitative estimate of drug-likeness (QED) is 0.574. The molecule has 5 nitrogen and oxygen atoms in total. The number of alkyl halides is 3. The van der Waals surface area contributed by atoms with Gasteiger partial charge in [-0.15, -0.1) is 0 Å². The van der Waals surface area contributed by atoms with Crippen LogP contribution in [0.4, 0.5) is 13.2 Å². The molecule has 0 aromatic carbocycles. The first-order valence-corrected chi connectivity index (χ1v) is 5.81.